The average molecular weight is 269 g/mol. The monoisotopic (exact) mass is 269 g/mol. The third-order valence-electron chi connectivity index (χ3n) is 3.52. The first-order valence-corrected chi connectivity index (χ1v) is 6.62. The molecule has 2 aromatic rings. The Kier molecular flexibility index (Phi) is 4.48. The van der Waals surface area contributed by atoms with Gasteiger partial charge in [0.25, 0.3) is 0 Å². The Morgan fingerprint density at radius 2 is 1.90 bits per heavy atom. The van der Waals surface area contributed by atoms with E-state index >= 15 is 0 Å². The maximum atomic E-state index is 12.3. The topological polar surface area (TPSA) is 82.0 Å². The third kappa shape index (κ3) is 3.22. The van der Waals surface area contributed by atoms with Crippen molar-refractivity contribution in [2.75, 3.05) is 5.73 Å². The second-order valence-corrected chi connectivity index (χ2v) is 4.92. The number of carbonyl (C=O) groups is 1. The van der Waals surface area contributed by atoms with E-state index in [1.165, 1.54) is 0 Å². The summed E-state index contributed by atoms with van der Waals surface area (Å²) in [6, 6.07) is 12.9. The van der Waals surface area contributed by atoms with E-state index in [1.54, 1.807) is 12.3 Å². The number of Topliss-reactive ketones (excluding diaryl/α,β-unsaturated/α-hetero) is 1. The molecule has 0 fully saturated rings. The van der Waals surface area contributed by atoms with E-state index in [0.29, 0.717) is 5.82 Å². The smallest absolute Gasteiger partial charge is 0.142 e. The van der Waals surface area contributed by atoms with Gasteiger partial charge in [0.1, 0.15) is 11.6 Å². The molecule has 1 heterocycles. The molecule has 104 valence electrons. The number of nitrogens with zero attached hydrogens (tertiary/aromatic N) is 1. The fourth-order valence-corrected chi connectivity index (χ4v) is 2.11. The molecule has 0 saturated carbocycles. The van der Waals surface area contributed by atoms with Crippen molar-refractivity contribution >= 4 is 11.6 Å². The molecule has 2 rings (SSSR count). The lowest BCUT2D eigenvalue weighted by Gasteiger charge is -2.19. The number of ketones is 1. The molecule has 0 spiro atoms. The lowest BCUT2D eigenvalue weighted by atomic mass is 9.89. The summed E-state index contributed by atoms with van der Waals surface area (Å²) < 4.78 is 0. The van der Waals surface area contributed by atoms with E-state index in [1.807, 2.05) is 43.3 Å². The molecule has 0 aliphatic rings. The molecule has 0 aliphatic heterocycles. The van der Waals surface area contributed by atoms with Crippen molar-refractivity contribution in [3.63, 3.8) is 0 Å². The number of nitrogens with two attached hydrogens (primary N) is 2. The van der Waals surface area contributed by atoms with Gasteiger partial charge in [-0.15, -0.1) is 0 Å². The molecular weight excluding hydrogens is 250 g/mol. The van der Waals surface area contributed by atoms with Crippen LogP contribution in [0.2, 0.25) is 0 Å². The minimum Gasteiger partial charge on any atom is -0.383 e. The quantitative estimate of drug-likeness (QED) is 0.871. The third-order valence-corrected chi connectivity index (χ3v) is 3.52. The Morgan fingerprint density at radius 1 is 1.20 bits per heavy atom. The van der Waals surface area contributed by atoms with Crippen LogP contribution >= 0.6 is 0 Å². The van der Waals surface area contributed by atoms with Crippen LogP contribution in [0.15, 0.2) is 48.7 Å². The summed E-state index contributed by atoms with van der Waals surface area (Å²) >= 11 is 0. The highest BCUT2D eigenvalue weighted by Gasteiger charge is 2.22. The van der Waals surface area contributed by atoms with Crippen molar-refractivity contribution in [1.29, 1.82) is 0 Å². The fourth-order valence-electron chi connectivity index (χ4n) is 2.11. The minimum absolute atomic E-state index is 0.0704. The largest absolute Gasteiger partial charge is 0.383 e. The molecule has 4 heteroatoms. The molecule has 0 saturated heterocycles. The summed E-state index contributed by atoms with van der Waals surface area (Å²) in [7, 11) is 0. The van der Waals surface area contributed by atoms with Crippen molar-refractivity contribution in [2.45, 2.75) is 19.4 Å². The summed E-state index contributed by atoms with van der Waals surface area (Å²) in [5.41, 5.74) is 13.6. The van der Waals surface area contributed by atoms with Crippen LogP contribution in [0, 0.1) is 5.92 Å². The highest BCUT2D eigenvalue weighted by molar-refractivity contribution is 5.84. The van der Waals surface area contributed by atoms with E-state index in [-0.39, 0.29) is 24.2 Å². The van der Waals surface area contributed by atoms with Gasteiger partial charge in [0.2, 0.25) is 0 Å². The summed E-state index contributed by atoms with van der Waals surface area (Å²) in [4.78, 5) is 16.3. The molecule has 0 aliphatic carbocycles. The summed E-state index contributed by atoms with van der Waals surface area (Å²) in [6.07, 6.45) is 1.88. The molecule has 1 aromatic carbocycles. The normalized spacial score (nSPS) is 13.7. The zero-order valence-electron chi connectivity index (χ0n) is 11.5. The summed E-state index contributed by atoms with van der Waals surface area (Å²) in [5, 5.41) is 0. The van der Waals surface area contributed by atoms with Crippen molar-refractivity contribution in [3.8, 4) is 0 Å². The van der Waals surface area contributed by atoms with Gasteiger partial charge in [0.15, 0.2) is 0 Å². The van der Waals surface area contributed by atoms with E-state index in [4.69, 9.17) is 11.5 Å². The second kappa shape index (κ2) is 6.30. The second-order valence-electron chi connectivity index (χ2n) is 4.92. The Morgan fingerprint density at radius 3 is 2.55 bits per heavy atom. The van der Waals surface area contributed by atoms with Gasteiger partial charge < -0.3 is 11.5 Å². The standard InChI is InChI=1S/C16H19N3O/c1-11(15(17)12-6-3-2-4-7-12)14(20)10-13-8-5-9-19-16(13)18/h2-9,11,15H,10,17H2,1H3,(H2,18,19). The van der Waals surface area contributed by atoms with Gasteiger partial charge in [-0.25, -0.2) is 4.98 Å². The van der Waals surface area contributed by atoms with Crippen LogP contribution in [0.3, 0.4) is 0 Å². The van der Waals surface area contributed by atoms with Gasteiger partial charge in [-0.05, 0) is 11.6 Å². The highest BCUT2D eigenvalue weighted by atomic mass is 16.1. The lowest BCUT2D eigenvalue weighted by molar-refractivity contribution is -0.122. The molecule has 0 bridgehead atoms. The van der Waals surface area contributed by atoms with Crippen LogP contribution in [0.4, 0.5) is 5.82 Å². The minimum atomic E-state index is -0.304. The van der Waals surface area contributed by atoms with Crippen LogP contribution in [0.5, 0.6) is 0 Å². The number of hydrogen-bond donors (Lipinski definition) is 2. The molecule has 2 unspecified atom stereocenters. The van der Waals surface area contributed by atoms with Crippen LogP contribution in [0.1, 0.15) is 24.1 Å². The van der Waals surface area contributed by atoms with Crippen LogP contribution < -0.4 is 11.5 Å². The zero-order valence-corrected chi connectivity index (χ0v) is 11.5. The van der Waals surface area contributed by atoms with Crippen molar-refractivity contribution in [2.24, 2.45) is 11.7 Å². The Bertz CT molecular complexity index is 583. The van der Waals surface area contributed by atoms with Crippen molar-refractivity contribution in [1.82, 2.24) is 4.98 Å². The number of hydrogen-bond acceptors (Lipinski definition) is 4. The summed E-state index contributed by atoms with van der Waals surface area (Å²) in [5.74, 6) is 0.208. The lowest BCUT2D eigenvalue weighted by Crippen LogP contribution is -2.27. The molecule has 4 nitrogen and oxygen atoms in total. The van der Waals surface area contributed by atoms with Crippen LogP contribution in [0.25, 0.3) is 0 Å². The number of anilines is 1. The zero-order chi connectivity index (χ0) is 14.5. The molecule has 4 N–H and O–H groups in total. The first kappa shape index (κ1) is 14.2. The SMILES string of the molecule is CC(C(=O)Cc1cccnc1N)C(N)c1ccccc1. The van der Waals surface area contributed by atoms with Crippen molar-refractivity contribution in [3.05, 3.63) is 59.8 Å². The highest BCUT2D eigenvalue weighted by Crippen LogP contribution is 2.22. The van der Waals surface area contributed by atoms with Gasteiger partial charge in [0.05, 0.1) is 0 Å². The molecule has 0 radical (unpaired) electrons. The van der Waals surface area contributed by atoms with Gasteiger partial charge in [0, 0.05) is 30.1 Å². The summed E-state index contributed by atoms with van der Waals surface area (Å²) in [6.45, 7) is 1.85. The molecule has 20 heavy (non-hydrogen) atoms. The predicted molar refractivity (Wildman–Crippen MR) is 79.9 cm³/mol. The number of benzene rings is 1. The number of pyridine rings is 1. The number of carbonyl (C=O) groups excluding carboxylic acids is 1. The van der Waals surface area contributed by atoms with Crippen LogP contribution in [-0.4, -0.2) is 10.8 Å². The van der Waals surface area contributed by atoms with Gasteiger partial charge in [-0.3, -0.25) is 4.79 Å². The first-order chi connectivity index (χ1) is 9.59. The van der Waals surface area contributed by atoms with Crippen LogP contribution in [-0.2, 0) is 11.2 Å². The van der Waals surface area contributed by atoms with Gasteiger partial charge in [-0.1, -0.05) is 43.3 Å². The maximum Gasteiger partial charge on any atom is 0.142 e. The first-order valence-electron chi connectivity index (χ1n) is 6.62. The van der Waals surface area contributed by atoms with Crippen molar-refractivity contribution < 1.29 is 4.79 Å². The Labute approximate surface area is 118 Å². The predicted octanol–water partition coefficient (Wildman–Crippen LogP) is 2.11. The Hall–Kier alpha value is -2.20. The van der Waals surface area contributed by atoms with E-state index in [0.717, 1.165) is 11.1 Å². The number of nitrogen functional groups attached to an aromatic ring is 1. The average Bonchev–Trinajstić information content (AvgIpc) is 2.49. The maximum absolute atomic E-state index is 12.3. The van der Waals surface area contributed by atoms with E-state index in [9.17, 15) is 4.79 Å². The fraction of sp³-hybridized carbons (Fsp3) is 0.250. The number of aromatic nitrogens is 1. The molecule has 1 aromatic heterocycles. The van der Waals surface area contributed by atoms with Gasteiger partial charge >= 0.3 is 0 Å². The Balaban J connectivity index is 2.08. The number of rotatable bonds is 5. The molecule has 0 amide bonds. The van der Waals surface area contributed by atoms with E-state index in [2.05, 4.69) is 4.98 Å². The molecule has 2 atom stereocenters. The van der Waals surface area contributed by atoms with E-state index < -0.39 is 0 Å². The molecular formula is C16H19N3O. The van der Waals surface area contributed by atoms with Gasteiger partial charge in [-0.2, -0.15) is 0 Å².